The maximum atomic E-state index is 5.31. The molecule has 0 aliphatic heterocycles. The van der Waals surface area contributed by atoms with Crippen molar-refractivity contribution >= 4 is 22.8 Å². The number of aryl methyl sites for hydroxylation is 3. The van der Waals surface area contributed by atoms with Gasteiger partial charge in [0, 0.05) is 0 Å². The summed E-state index contributed by atoms with van der Waals surface area (Å²) in [5, 5.41) is 0. The minimum absolute atomic E-state index is 0.863. The molecule has 0 radical (unpaired) electrons. The van der Waals surface area contributed by atoms with Gasteiger partial charge in [-0.25, -0.2) is 0 Å². The highest BCUT2D eigenvalue weighted by Gasteiger charge is 2.14. The molecule has 0 saturated carbocycles. The fraction of sp³-hybridized carbons (Fsp3) is 0.583. The molecular formula is C48H72N2. The van der Waals surface area contributed by atoms with Crippen molar-refractivity contribution in [2.45, 2.75) is 183 Å². The molecule has 0 aromatic heterocycles. The lowest BCUT2D eigenvalue weighted by atomic mass is 9.90. The molecule has 0 aliphatic carbocycles. The van der Waals surface area contributed by atoms with Crippen LogP contribution in [0.5, 0.6) is 0 Å². The summed E-state index contributed by atoms with van der Waals surface area (Å²) in [4.78, 5) is 10.6. The zero-order chi connectivity index (χ0) is 36.0. The highest BCUT2D eigenvalue weighted by Crippen LogP contribution is 2.34. The van der Waals surface area contributed by atoms with Gasteiger partial charge in [-0.3, -0.25) is 9.98 Å². The van der Waals surface area contributed by atoms with Crippen LogP contribution in [0.4, 0.5) is 11.4 Å². The maximum Gasteiger partial charge on any atom is 0.0642 e. The number of hydrogen-bond donors (Lipinski definition) is 0. The summed E-state index contributed by atoms with van der Waals surface area (Å²) >= 11 is 0. The number of aliphatic imine (C=N–C) groups is 2. The van der Waals surface area contributed by atoms with E-state index in [1.54, 1.807) is 5.56 Å². The molecule has 2 nitrogen and oxygen atoms in total. The zero-order valence-electron chi connectivity index (χ0n) is 33.4. The SMILES string of the molecule is CCCCCCCCc1cc(N=C(CC)C(C)=Nc2cc(CC)c(CCCCCCCC)c(-c3ccccc3)c2)cc(C)c1CCCCCC. The molecule has 0 N–H and O–H groups in total. The number of benzene rings is 3. The third-order valence-electron chi connectivity index (χ3n) is 10.5. The predicted molar refractivity (Wildman–Crippen MR) is 225 cm³/mol. The van der Waals surface area contributed by atoms with E-state index in [1.165, 1.54) is 149 Å². The Labute approximate surface area is 308 Å². The van der Waals surface area contributed by atoms with Gasteiger partial charge in [0.05, 0.1) is 22.8 Å². The average molecular weight is 677 g/mol. The minimum atomic E-state index is 0.863. The molecule has 3 aromatic rings. The molecule has 274 valence electrons. The Bertz CT molecular complexity index is 1440. The van der Waals surface area contributed by atoms with Crippen LogP contribution in [-0.4, -0.2) is 11.4 Å². The Hall–Kier alpha value is -3.00. The molecular weight excluding hydrogens is 605 g/mol. The normalized spacial score (nSPS) is 12.2. The van der Waals surface area contributed by atoms with Gasteiger partial charge in [-0.15, -0.1) is 0 Å². The second kappa shape index (κ2) is 24.2. The van der Waals surface area contributed by atoms with Crippen LogP contribution in [0.1, 0.15) is 179 Å². The van der Waals surface area contributed by atoms with Gasteiger partial charge in [0.2, 0.25) is 0 Å². The summed E-state index contributed by atoms with van der Waals surface area (Å²) in [6.45, 7) is 15.9. The number of nitrogens with zero attached hydrogens (tertiary/aromatic N) is 2. The van der Waals surface area contributed by atoms with E-state index in [0.29, 0.717) is 0 Å². The van der Waals surface area contributed by atoms with E-state index in [2.05, 4.69) is 103 Å². The largest absolute Gasteiger partial charge is 0.252 e. The van der Waals surface area contributed by atoms with Crippen LogP contribution in [0.2, 0.25) is 0 Å². The molecule has 0 unspecified atom stereocenters. The van der Waals surface area contributed by atoms with Crippen LogP contribution in [-0.2, 0) is 25.7 Å². The van der Waals surface area contributed by atoms with Crippen molar-refractivity contribution in [3.05, 3.63) is 82.4 Å². The molecule has 3 aromatic carbocycles. The van der Waals surface area contributed by atoms with Crippen molar-refractivity contribution in [1.82, 2.24) is 0 Å². The van der Waals surface area contributed by atoms with Gasteiger partial charge in [0.1, 0.15) is 0 Å². The Morgan fingerprint density at radius 1 is 0.520 bits per heavy atom. The lowest BCUT2D eigenvalue weighted by Crippen LogP contribution is -2.09. The Morgan fingerprint density at radius 3 is 1.64 bits per heavy atom. The molecule has 0 bridgehead atoms. The van der Waals surface area contributed by atoms with Crippen molar-refractivity contribution in [3.63, 3.8) is 0 Å². The first-order valence-corrected chi connectivity index (χ1v) is 20.9. The first-order chi connectivity index (χ1) is 24.4. The molecule has 0 aliphatic rings. The lowest BCUT2D eigenvalue weighted by Gasteiger charge is -2.17. The van der Waals surface area contributed by atoms with Crippen molar-refractivity contribution < 1.29 is 0 Å². The summed E-state index contributed by atoms with van der Waals surface area (Å²) in [5.74, 6) is 0. The van der Waals surface area contributed by atoms with E-state index >= 15 is 0 Å². The Balaban J connectivity index is 1.93. The Morgan fingerprint density at radius 2 is 1.04 bits per heavy atom. The van der Waals surface area contributed by atoms with Crippen LogP contribution in [0, 0.1) is 6.92 Å². The second-order valence-electron chi connectivity index (χ2n) is 14.7. The molecule has 0 atom stereocenters. The molecule has 0 amide bonds. The van der Waals surface area contributed by atoms with E-state index in [9.17, 15) is 0 Å². The fourth-order valence-electron chi connectivity index (χ4n) is 7.52. The third kappa shape index (κ3) is 14.0. The van der Waals surface area contributed by atoms with Crippen molar-refractivity contribution in [3.8, 4) is 11.1 Å². The van der Waals surface area contributed by atoms with E-state index in [-0.39, 0.29) is 0 Å². The highest BCUT2D eigenvalue weighted by atomic mass is 14.8. The van der Waals surface area contributed by atoms with Gasteiger partial charge < -0.3 is 0 Å². The highest BCUT2D eigenvalue weighted by molar-refractivity contribution is 6.42. The van der Waals surface area contributed by atoms with Gasteiger partial charge in [-0.1, -0.05) is 148 Å². The Kier molecular flexibility index (Phi) is 20.1. The first-order valence-electron chi connectivity index (χ1n) is 20.9. The first kappa shape index (κ1) is 41.4. The van der Waals surface area contributed by atoms with Crippen molar-refractivity contribution in [2.24, 2.45) is 9.98 Å². The number of rotatable bonds is 25. The van der Waals surface area contributed by atoms with Crippen LogP contribution < -0.4 is 0 Å². The minimum Gasteiger partial charge on any atom is -0.252 e. The van der Waals surface area contributed by atoms with Crippen LogP contribution in [0.25, 0.3) is 11.1 Å². The monoisotopic (exact) mass is 677 g/mol. The standard InChI is InChI=1S/C48H72N2/c1-8-13-16-19-21-24-31-42-36-43(34-38(6)45(42)32-27-18-15-10-3)50-48(12-5)39(7)49-44-35-40(11-4)46(33-28-22-20-17-14-9-2)47(37-44)41-29-25-23-26-30-41/h23,25-26,29-30,34-37H,8-22,24,27-28,31-33H2,1-7H3. The van der Waals surface area contributed by atoms with E-state index in [1.807, 2.05) is 0 Å². The van der Waals surface area contributed by atoms with Crippen LogP contribution in [0.3, 0.4) is 0 Å². The smallest absolute Gasteiger partial charge is 0.0642 e. The summed E-state index contributed by atoms with van der Waals surface area (Å²) < 4.78 is 0. The van der Waals surface area contributed by atoms with Crippen LogP contribution in [0.15, 0.2) is 64.6 Å². The molecule has 0 spiro atoms. The molecule has 3 rings (SSSR count). The van der Waals surface area contributed by atoms with Crippen molar-refractivity contribution in [1.29, 1.82) is 0 Å². The van der Waals surface area contributed by atoms with E-state index in [4.69, 9.17) is 9.98 Å². The topological polar surface area (TPSA) is 24.7 Å². The summed E-state index contributed by atoms with van der Waals surface area (Å²) in [7, 11) is 0. The van der Waals surface area contributed by atoms with E-state index < -0.39 is 0 Å². The second-order valence-corrected chi connectivity index (χ2v) is 14.7. The van der Waals surface area contributed by atoms with Crippen LogP contribution >= 0.6 is 0 Å². The molecule has 0 saturated heterocycles. The van der Waals surface area contributed by atoms with Gasteiger partial charge in [0.15, 0.2) is 0 Å². The molecule has 2 heteroatoms. The summed E-state index contributed by atoms with van der Waals surface area (Å²) in [6.07, 6.45) is 26.6. The zero-order valence-corrected chi connectivity index (χ0v) is 33.4. The number of hydrogen-bond acceptors (Lipinski definition) is 2. The molecule has 50 heavy (non-hydrogen) atoms. The van der Waals surface area contributed by atoms with Gasteiger partial charge in [-0.05, 0) is 128 Å². The van der Waals surface area contributed by atoms with Gasteiger partial charge in [-0.2, -0.15) is 0 Å². The third-order valence-corrected chi connectivity index (χ3v) is 10.5. The lowest BCUT2D eigenvalue weighted by molar-refractivity contribution is 0.605. The van der Waals surface area contributed by atoms with E-state index in [0.717, 1.165) is 42.1 Å². The summed E-state index contributed by atoms with van der Waals surface area (Å²) in [5.41, 5.74) is 14.4. The van der Waals surface area contributed by atoms with Gasteiger partial charge >= 0.3 is 0 Å². The molecule has 0 fully saturated rings. The summed E-state index contributed by atoms with van der Waals surface area (Å²) in [6, 6.07) is 20.4. The fourth-order valence-corrected chi connectivity index (χ4v) is 7.52. The quantitative estimate of drug-likeness (QED) is 0.0630. The van der Waals surface area contributed by atoms with Crippen molar-refractivity contribution in [2.75, 3.05) is 0 Å². The molecule has 0 heterocycles. The predicted octanol–water partition coefficient (Wildman–Crippen LogP) is 15.4. The van der Waals surface area contributed by atoms with Gasteiger partial charge in [0.25, 0.3) is 0 Å². The maximum absolute atomic E-state index is 5.31. The average Bonchev–Trinajstić information content (AvgIpc) is 3.13. The number of unbranched alkanes of at least 4 members (excludes halogenated alkanes) is 13.